The van der Waals surface area contributed by atoms with E-state index in [9.17, 15) is 14.0 Å². The fourth-order valence-corrected chi connectivity index (χ4v) is 2.29. The smallest absolute Gasteiger partial charge is 0.262 e. The first-order chi connectivity index (χ1) is 12.6. The average Bonchev–Trinajstić information content (AvgIpc) is 2.67. The molecule has 1 N–H and O–H groups in total. The van der Waals surface area contributed by atoms with Crippen LogP contribution in [-0.4, -0.2) is 23.3 Å². The first kappa shape index (κ1) is 17.3. The minimum absolute atomic E-state index is 0.0111. The Balaban J connectivity index is 1.59. The molecule has 0 fully saturated rings. The predicted molar refractivity (Wildman–Crippen MR) is 94.6 cm³/mol. The van der Waals surface area contributed by atoms with E-state index in [1.165, 1.54) is 36.5 Å². The molecule has 2 aromatic carbocycles. The van der Waals surface area contributed by atoms with Gasteiger partial charge in [0, 0.05) is 11.8 Å². The van der Waals surface area contributed by atoms with E-state index in [4.69, 9.17) is 4.74 Å². The predicted octanol–water partition coefficient (Wildman–Crippen LogP) is 3.47. The van der Waals surface area contributed by atoms with Crippen molar-refractivity contribution >= 4 is 17.4 Å². The number of aromatic nitrogens is 1. The number of nitrogens with zero attached hydrogens (tertiary/aromatic N) is 1. The maximum Gasteiger partial charge on any atom is 0.262 e. The summed E-state index contributed by atoms with van der Waals surface area (Å²) in [4.78, 5) is 28.0. The standard InChI is InChI=1S/C20H15FN2O3/c21-18-6-2-1-5-17(18)20(25)14-7-9-16(10-8-14)26-13-19(24)23-15-4-3-11-22-12-15/h1-12H,13H2,(H,23,24). The summed E-state index contributed by atoms with van der Waals surface area (Å²) in [5, 5.41) is 2.65. The Bertz CT molecular complexity index is 912. The van der Waals surface area contributed by atoms with Gasteiger partial charge < -0.3 is 10.1 Å². The minimum Gasteiger partial charge on any atom is -0.484 e. The maximum atomic E-state index is 13.7. The molecule has 0 atom stereocenters. The number of ether oxygens (including phenoxy) is 1. The van der Waals surface area contributed by atoms with E-state index in [1.54, 1.807) is 36.5 Å². The van der Waals surface area contributed by atoms with Crippen molar-refractivity contribution in [3.05, 3.63) is 90.0 Å². The molecule has 6 heteroatoms. The molecule has 0 aliphatic carbocycles. The Morgan fingerprint density at radius 3 is 2.46 bits per heavy atom. The van der Waals surface area contributed by atoms with Crippen LogP contribution < -0.4 is 10.1 Å². The van der Waals surface area contributed by atoms with Gasteiger partial charge >= 0.3 is 0 Å². The van der Waals surface area contributed by atoms with Gasteiger partial charge in [0.2, 0.25) is 0 Å². The lowest BCUT2D eigenvalue weighted by molar-refractivity contribution is -0.118. The van der Waals surface area contributed by atoms with Crippen molar-refractivity contribution in [2.45, 2.75) is 0 Å². The summed E-state index contributed by atoms with van der Waals surface area (Å²) in [6.07, 6.45) is 3.14. The topological polar surface area (TPSA) is 68.3 Å². The zero-order valence-electron chi connectivity index (χ0n) is 13.7. The fraction of sp³-hybridized carbons (Fsp3) is 0.0500. The molecule has 1 amide bonds. The third-order valence-corrected chi connectivity index (χ3v) is 3.55. The van der Waals surface area contributed by atoms with E-state index < -0.39 is 11.6 Å². The number of nitrogens with one attached hydrogen (secondary N) is 1. The number of rotatable bonds is 6. The first-order valence-corrected chi connectivity index (χ1v) is 7.85. The van der Waals surface area contributed by atoms with Crippen LogP contribution in [0.5, 0.6) is 5.75 Å². The normalized spacial score (nSPS) is 10.2. The van der Waals surface area contributed by atoms with Crippen molar-refractivity contribution in [2.24, 2.45) is 0 Å². The molecule has 26 heavy (non-hydrogen) atoms. The van der Waals surface area contributed by atoms with Crippen LogP contribution in [-0.2, 0) is 4.79 Å². The van der Waals surface area contributed by atoms with Crippen LogP contribution in [0.25, 0.3) is 0 Å². The fourth-order valence-electron chi connectivity index (χ4n) is 2.29. The van der Waals surface area contributed by atoms with Crippen LogP contribution in [0.4, 0.5) is 10.1 Å². The molecule has 0 unspecified atom stereocenters. The number of benzene rings is 2. The molecule has 0 bridgehead atoms. The monoisotopic (exact) mass is 350 g/mol. The molecule has 3 rings (SSSR count). The summed E-state index contributed by atoms with van der Waals surface area (Å²) in [7, 11) is 0. The zero-order valence-corrected chi connectivity index (χ0v) is 13.7. The van der Waals surface area contributed by atoms with Crippen LogP contribution in [0.3, 0.4) is 0 Å². The molecule has 0 saturated heterocycles. The largest absolute Gasteiger partial charge is 0.484 e. The van der Waals surface area contributed by atoms with Crippen LogP contribution in [0.1, 0.15) is 15.9 Å². The van der Waals surface area contributed by atoms with E-state index >= 15 is 0 Å². The first-order valence-electron chi connectivity index (χ1n) is 7.85. The minimum atomic E-state index is -0.565. The second-order valence-electron chi connectivity index (χ2n) is 5.41. The van der Waals surface area contributed by atoms with Crippen molar-refractivity contribution in [3.8, 4) is 5.75 Å². The summed E-state index contributed by atoms with van der Waals surface area (Å²) in [5.74, 6) is -0.880. The van der Waals surface area contributed by atoms with Crippen molar-refractivity contribution in [1.29, 1.82) is 0 Å². The lowest BCUT2D eigenvalue weighted by Crippen LogP contribution is -2.20. The number of ketones is 1. The Kier molecular flexibility index (Phi) is 5.34. The molecule has 130 valence electrons. The molecule has 0 aliphatic rings. The molecule has 0 saturated carbocycles. The Labute approximate surface area is 149 Å². The number of hydrogen-bond acceptors (Lipinski definition) is 4. The number of amides is 1. The van der Waals surface area contributed by atoms with E-state index in [0.29, 0.717) is 17.0 Å². The van der Waals surface area contributed by atoms with Crippen LogP contribution in [0.2, 0.25) is 0 Å². The molecule has 0 aliphatic heterocycles. The SMILES string of the molecule is O=C(COc1ccc(C(=O)c2ccccc2F)cc1)Nc1cccnc1. The summed E-state index contributed by atoms with van der Waals surface area (Å²) in [6.45, 7) is -0.185. The van der Waals surface area contributed by atoms with Gasteiger partial charge in [0.1, 0.15) is 11.6 Å². The summed E-state index contributed by atoms with van der Waals surface area (Å²) < 4.78 is 19.1. The van der Waals surface area contributed by atoms with Gasteiger partial charge in [-0.1, -0.05) is 12.1 Å². The highest BCUT2D eigenvalue weighted by molar-refractivity contribution is 6.09. The molecular weight excluding hydrogens is 335 g/mol. The summed E-state index contributed by atoms with van der Waals surface area (Å²) in [6, 6.07) is 15.4. The number of halogens is 1. The van der Waals surface area contributed by atoms with E-state index in [1.807, 2.05) is 0 Å². The van der Waals surface area contributed by atoms with E-state index in [2.05, 4.69) is 10.3 Å². The third kappa shape index (κ3) is 4.30. The second-order valence-corrected chi connectivity index (χ2v) is 5.41. The lowest BCUT2D eigenvalue weighted by atomic mass is 10.0. The van der Waals surface area contributed by atoms with Crippen molar-refractivity contribution in [1.82, 2.24) is 4.98 Å². The summed E-state index contributed by atoms with van der Waals surface area (Å²) in [5.41, 5.74) is 0.922. The van der Waals surface area contributed by atoms with Crippen LogP contribution in [0, 0.1) is 5.82 Å². The number of carbonyl (C=O) groups excluding carboxylic acids is 2. The number of hydrogen-bond donors (Lipinski definition) is 1. The average molecular weight is 350 g/mol. The quantitative estimate of drug-likeness (QED) is 0.691. The van der Waals surface area contributed by atoms with Crippen molar-refractivity contribution < 1.29 is 18.7 Å². The molecule has 1 heterocycles. The number of carbonyl (C=O) groups is 2. The van der Waals surface area contributed by atoms with Gasteiger partial charge in [-0.15, -0.1) is 0 Å². The van der Waals surface area contributed by atoms with Gasteiger partial charge in [-0.05, 0) is 48.5 Å². The third-order valence-electron chi connectivity index (χ3n) is 3.55. The highest BCUT2D eigenvalue weighted by atomic mass is 19.1. The van der Waals surface area contributed by atoms with Crippen LogP contribution in [0.15, 0.2) is 73.1 Å². The highest BCUT2D eigenvalue weighted by Gasteiger charge is 2.13. The van der Waals surface area contributed by atoms with Gasteiger partial charge in [-0.2, -0.15) is 0 Å². The summed E-state index contributed by atoms with van der Waals surface area (Å²) >= 11 is 0. The van der Waals surface area contributed by atoms with Crippen LogP contribution >= 0.6 is 0 Å². The Morgan fingerprint density at radius 2 is 1.77 bits per heavy atom. The highest BCUT2D eigenvalue weighted by Crippen LogP contribution is 2.17. The van der Waals surface area contributed by atoms with Gasteiger partial charge in [0.25, 0.3) is 5.91 Å². The van der Waals surface area contributed by atoms with Gasteiger partial charge in [-0.25, -0.2) is 4.39 Å². The molecule has 1 aromatic heterocycles. The second kappa shape index (κ2) is 8.02. The molecule has 5 nitrogen and oxygen atoms in total. The Hall–Kier alpha value is -3.54. The molecule has 0 radical (unpaired) electrons. The van der Waals surface area contributed by atoms with Crippen molar-refractivity contribution in [3.63, 3.8) is 0 Å². The Morgan fingerprint density at radius 1 is 1.00 bits per heavy atom. The van der Waals surface area contributed by atoms with Gasteiger partial charge in [0.05, 0.1) is 17.4 Å². The van der Waals surface area contributed by atoms with Gasteiger partial charge in [-0.3, -0.25) is 14.6 Å². The number of anilines is 1. The van der Waals surface area contributed by atoms with Gasteiger partial charge in [0.15, 0.2) is 12.4 Å². The molecule has 0 spiro atoms. The lowest BCUT2D eigenvalue weighted by Gasteiger charge is -2.08. The van der Waals surface area contributed by atoms with E-state index in [-0.39, 0.29) is 18.1 Å². The molecule has 3 aromatic rings. The zero-order chi connectivity index (χ0) is 18.4. The van der Waals surface area contributed by atoms with Crippen molar-refractivity contribution in [2.75, 3.05) is 11.9 Å². The maximum absolute atomic E-state index is 13.7. The molecular formula is C20H15FN2O3. The number of pyridine rings is 1. The van der Waals surface area contributed by atoms with E-state index in [0.717, 1.165) is 0 Å².